The lowest BCUT2D eigenvalue weighted by Gasteiger charge is -2.11. The van der Waals surface area contributed by atoms with Crippen molar-refractivity contribution >= 4 is 50.8 Å². The highest BCUT2D eigenvalue weighted by Crippen LogP contribution is 2.33. The number of carbonyl (C=O) groups is 1. The van der Waals surface area contributed by atoms with Crippen LogP contribution in [0.3, 0.4) is 0 Å². The Kier molecular flexibility index (Phi) is 6.44. The van der Waals surface area contributed by atoms with E-state index in [2.05, 4.69) is 20.9 Å². The molecule has 7 heteroatoms. The molecule has 0 spiro atoms. The Labute approximate surface area is 191 Å². The largest absolute Gasteiger partial charge is 0.488 e. The number of aromatic nitrogens is 1. The van der Waals surface area contributed by atoms with Crippen LogP contribution in [0.25, 0.3) is 17.2 Å². The van der Waals surface area contributed by atoms with Crippen LogP contribution in [0.15, 0.2) is 85.7 Å². The van der Waals surface area contributed by atoms with Gasteiger partial charge in [0.1, 0.15) is 22.8 Å². The zero-order valence-electron chi connectivity index (χ0n) is 16.5. The van der Waals surface area contributed by atoms with E-state index in [1.54, 1.807) is 12.1 Å². The maximum atomic E-state index is 11.9. The molecule has 4 aromatic rings. The van der Waals surface area contributed by atoms with Crippen molar-refractivity contribution in [3.05, 3.63) is 92.8 Å². The average Bonchev–Trinajstić information content (AvgIpc) is 3.16. The van der Waals surface area contributed by atoms with E-state index >= 15 is 0 Å². The van der Waals surface area contributed by atoms with Gasteiger partial charge >= 0.3 is 5.97 Å². The van der Waals surface area contributed by atoms with Gasteiger partial charge in [-0.15, -0.1) is 0 Å². The number of ether oxygens (including phenoxy) is 1. The first-order valence-corrected chi connectivity index (χ1v) is 11.1. The fraction of sp³-hybridized carbons (Fsp3) is 0.0833. The summed E-state index contributed by atoms with van der Waals surface area (Å²) >= 11 is 4.41. The number of aliphatic carboxylic acids is 1. The zero-order valence-corrected chi connectivity index (χ0v) is 18.9. The number of carboxylic acid groups (broad SMARTS) is 1. The lowest BCUT2D eigenvalue weighted by molar-refractivity contribution is -0.131. The van der Waals surface area contributed by atoms with Crippen LogP contribution < -0.4 is 4.74 Å². The Hall–Kier alpha value is -3.03. The van der Waals surface area contributed by atoms with Gasteiger partial charge in [0.2, 0.25) is 0 Å². The molecule has 156 valence electrons. The summed E-state index contributed by atoms with van der Waals surface area (Å²) < 4.78 is 12.5. The first-order valence-electron chi connectivity index (χ1n) is 9.44. The quantitative estimate of drug-likeness (QED) is 0.227. The van der Waals surface area contributed by atoms with Crippen LogP contribution in [0.1, 0.15) is 16.7 Å². The second-order valence-corrected chi connectivity index (χ2v) is 8.73. The van der Waals surface area contributed by atoms with Crippen LogP contribution in [0.5, 0.6) is 5.75 Å². The molecule has 0 atom stereocenters. The molecule has 31 heavy (non-hydrogen) atoms. The van der Waals surface area contributed by atoms with Crippen LogP contribution in [-0.2, 0) is 11.4 Å². The number of rotatable bonds is 7. The van der Waals surface area contributed by atoms with Crippen molar-refractivity contribution < 1.29 is 19.1 Å². The van der Waals surface area contributed by atoms with Crippen molar-refractivity contribution in [2.45, 2.75) is 18.8 Å². The van der Waals surface area contributed by atoms with Crippen molar-refractivity contribution in [3.8, 4) is 5.75 Å². The van der Waals surface area contributed by atoms with Gasteiger partial charge in [-0.25, -0.2) is 9.78 Å². The highest BCUT2D eigenvalue weighted by atomic mass is 79.9. The van der Waals surface area contributed by atoms with Gasteiger partial charge in [0.05, 0.1) is 0 Å². The third-order valence-electron chi connectivity index (χ3n) is 4.46. The summed E-state index contributed by atoms with van der Waals surface area (Å²) in [6.45, 7) is 2.41. The number of aryl methyl sites for hydroxylation is 1. The highest BCUT2D eigenvalue weighted by molar-refractivity contribution is 9.10. The molecule has 0 amide bonds. The second-order valence-electron chi connectivity index (χ2n) is 6.82. The van der Waals surface area contributed by atoms with Crippen molar-refractivity contribution in [1.29, 1.82) is 0 Å². The maximum absolute atomic E-state index is 11.9. The lowest BCUT2D eigenvalue weighted by Crippen LogP contribution is -2.00. The van der Waals surface area contributed by atoms with E-state index in [0.717, 1.165) is 21.8 Å². The number of hydrogen-bond donors (Lipinski definition) is 1. The third kappa shape index (κ3) is 5.37. The minimum Gasteiger partial charge on any atom is -0.488 e. The Morgan fingerprint density at radius 2 is 1.94 bits per heavy atom. The van der Waals surface area contributed by atoms with Crippen LogP contribution in [0, 0.1) is 6.92 Å². The summed E-state index contributed by atoms with van der Waals surface area (Å²) in [5.74, 6) is -0.489. The molecule has 0 radical (unpaired) electrons. The molecule has 0 aliphatic carbocycles. The molecule has 0 saturated heterocycles. The number of hydrogen-bond acceptors (Lipinski definition) is 5. The van der Waals surface area contributed by atoms with Crippen LogP contribution in [0.2, 0.25) is 0 Å². The predicted octanol–water partition coefficient (Wildman–Crippen LogP) is 6.70. The molecule has 0 bridgehead atoms. The van der Waals surface area contributed by atoms with Crippen LogP contribution in [-0.4, -0.2) is 16.1 Å². The van der Waals surface area contributed by atoms with E-state index in [9.17, 15) is 9.90 Å². The molecule has 0 unspecified atom stereocenters. The first kappa shape index (κ1) is 21.2. The van der Waals surface area contributed by atoms with Crippen molar-refractivity contribution in [1.82, 2.24) is 4.98 Å². The molecule has 3 aromatic carbocycles. The first-order chi connectivity index (χ1) is 15.0. The number of para-hydroxylation sites is 2. The summed E-state index contributed by atoms with van der Waals surface area (Å²) in [6, 6.07) is 20.9. The number of oxazole rings is 1. The number of thioether (sulfide) groups is 1. The van der Waals surface area contributed by atoms with E-state index in [-0.39, 0.29) is 10.1 Å². The zero-order chi connectivity index (χ0) is 21.8. The topological polar surface area (TPSA) is 72.6 Å². The Morgan fingerprint density at radius 1 is 1.16 bits per heavy atom. The fourth-order valence-corrected chi connectivity index (χ4v) is 3.99. The number of nitrogens with zero attached hydrogens (tertiary/aromatic N) is 1. The predicted molar refractivity (Wildman–Crippen MR) is 125 cm³/mol. The third-order valence-corrected chi connectivity index (χ3v) is 5.81. The van der Waals surface area contributed by atoms with Gasteiger partial charge in [-0.2, -0.15) is 0 Å². The number of halogens is 1. The minimum atomic E-state index is -1.07. The van der Waals surface area contributed by atoms with Crippen LogP contribution >= 0.6 is 27.7 Å². The molecule has 5 nitrogen and oxygen atoms in total. The van der Waals surface area contributed by atoms with Crippen molar-refractivity contribution in [2.24, 2.45) is 0 Å². The van der Waals surface area contributed by atoms with Gasteiger partial charge in [-0.1, -0.05) is 57.9 Å². The van der Waals surface area contributed by atoms with Gasteiger partial charge in [-0.05, 0) is 60.7 Å². The fourth-order valence-electron chi connectivity index (χ4n) is 2.87. The molecule has 0 aliphatic heterocycles. The van der Waals surface area contributed by atoms with Gasteiger partial charge in [0, 0.05) is 10.0 Å². The summed E-state index contributed by atoms with van der Waals surface area (Å²) in [6.07, 6.45) is 1.57. The Balaban J connectivity index is 1.61. The summed E-state index contributed by atoms with van der Waals surface area (Å²) in [7, 11) is 0. The van der Waals surface area contributed by atoms with E-state index in [4.69, 9.17) is 9.15 Å². The Bertz CT molecular complexity index is 1230. The SMILES string of the molecule is Cc1ccc(COc2ccc(Br)cc2/C=C(\Sc2nc3ccccc3o2)C(=O)O)cc1. The molecule has 1 aromatic heterocycles. The van der Waals surface area contributed by atoms with Gasteiger partial charge in [0.15, 0.2) is 5.58 Å². The van der Waals surface area contributed by atoms with Gasteiger partial charge < -0.3 is 14.3 Å². The van der Waals surface area contributed by atoms with E-state index in [0.29, 0.717) is 29.0 Å². The number of carboxylic acids is 1. The van der Waals surface area contributed by atoms with Gasteiger partial charge in [-0.3, -0.25) is 0 Å². The minimum absolute atomic E-state index is 0.0739. The molecule has 0 fully saturated rings. The van der Waals surface area contributed by atoms with E-state index < -0.39 is 5.97 Å². The van der Waals surface area contributed by atoms with E-state index in [1.807, 2.05) is 67.6 Å². The summed E-state index contributed by atoms with van der Waals surface area (Å²) in [5, 5.41) is 10.0. The smallest absolute Gasteiger partial charge is 0.342 e. The average molecular weight is 496 g/mol. The second kappa shape index (κ2) is 9.41. The van der Waals surface area contributed by atoms with Crippen molar-refractivity contribution in [3.63, 3.8) is 0 Å². The van der Waals surface area contributed by atoms with Crippen molar-refractivity contribution in [2.75, 3.05) is 0 Å². The monoisotopic (exact) mass is 495 g/mol. The standard InChI is InChI=1S/C24H18BrNO4S/c1-15-6-8-16(9-7-15)14-29-20-11-10-18(25)12-17(20)13-22(23(27)28)31-24-26-19-4-2-3-5-21(19)30-24/h2-13H,14H2,1H3,(H,27,28)/b22-13-. The molecule has 1 N–H and O–H groups in total. The molecule has 4 rings (SSSR count). The molecule has 0 aliphatic rings. The highest BCUT2D eigenvalue weighted by Gasteiger charge is 2.16. The molecular formula is C24H18BrNO4S. The summed E-state index contributed by atoms with van der Waals surface area (Å²) in [5.41, 5.74) is 4.14. The Morgan fingerprint density at radius 3 is 2.68 bits per heavy atom. The molecule has 0 saturated carbocycles. The van der Waals surface area contributed by atoms with Gasteiger partial charge in [0.25, 0.3) is 5.22 Å². The summed E-state index contributed by atoms with van der Waals surface area (Å²) in [4.78, 5) is 16.3. The maximum Gasteiger partial charge on any atom is 0.342 e. The number of fused-ring (bicyclic) bond motifs is 1. The molecule has 1 heterocycles. The van der Waals surface area contributed by atoms with E-state index in [1.165, 1.54) is 5.56 Å². The number of benzene rings is 3. The lowest BCUT2D eigenvalue weighted by atomic mass is 10.1. The molecular weight excluding hydrogens is 478 g/mol. The van der Waals surface area contributed by atoms with Crippen LogP contribution in [0.4, 0.5) is 0 Å². The normalized spacial score (nSPS) is 11.6.